The van der Waals surface area contributed by atoms with Gasteiger partial charge >= 0.3 is 0 Å². The van der Waals surface area contributed by atoms with Gasteiger partial charge in [0.1, 0.15) is 12.4 Å². The van der Waals surface area contributed by atoms with Gasteiger partial charge in [-0.25, -0.2) is 4.39 Å². The van der Waals surface area contributed by atoms with Gasteiger partial charge in [-0.05, 0) is 81.0 Å². The molecule has 4 rings (SSSR count). The Morgan fingerprint density at radius 2 is 1.73 bits per heavy atom. The Balaban J connectivity index is 1.65. The minimum absolute atomic E-state index is 0.0205. The largest absolute Gasteiger partial charge is 0.330 e. The van der Waals surface area contributed by atoms with Crippen molar-refractivity contribution in [1.29, 1.82) is 0 Å². The highest BCUT2D eigenvalue weighted by Gasteiger charge is 2.36. The van der Waals surface area contributed by atoms with Gasteiger partial charge in [-0.1, -0.05) is 29.8 Å². The third kappa shape index (κ3) is 4.86. The maximum atomic E-state index is 13.7. The zero-order chi connectivity index (χ0) is 23.8. The lowest BCUT2D eigenvalue weighted by molar-refractivity contribution is -0.135. The number of carbonyl (C=O) groups is 2. The van der Waals surface area contributed by atoms with E-state index in [1.807, 2.05) is 56.2 Å². The first-order valence-corrected chi connectivity index (χ1v) is 12.0. The average molecular weight is 465 g/mol. The molecule has 0 radical (unpaired) electrons. The highest BCUT2D eigenvalue weighted by molar-refractivity contribution is 7.10. The van der Waals surface area contributed by atoms with Gasteiger partial charge in [-0.3, -0.25) is 9.59 Å². The predicted molar refractivity (Wildman–Crippen MR) is 130 cm³/mol. The molecule has 2 amide bonds. The fraction of sp³-hybridized carbons (Fsp3) is 0.333. The molecule has 1 unspecified atom stereocenters. The molecule has 0 bridgehead atoms. The van der Waals surface area contributed by atoms with Crippen LogP contribution in [0.1, 0.15) is 58.7 Å². The van der Waals surface area contributed by atoms with Crippen LogP contribution < -0.4 is 0 Å². The number of benzene rings is 2. The van der Waals surface area contributed by atoms with E-state index in [-0.39, 0.29) is 30.2 Å². The van der Waals surface area contributed by atoms with Crippen LogP contribution in [-0.4, -0.2) is 40.2 Å². The van der Waals surface area contributed by atoms with E-state index in [9.17, 15) is 14.0 Å². The van der Waals surface area contributed by atoms with Crippen molar-refractivity contribution in [3.05, 3.63) is 92.9 Å². The molecule has 0 N–H and O–H groups in total. The molecule has 0 aliphatic carbocycles. The van der Waals surface area contributed by atoms with Crippen LogP contribution in [-0.2, 0) is 11.2 Å². The summed E-state index contributed by atoms with van der Waals surface area (Å²) in [6.07, 6.45) is 0.776. The SMILES string of the molecule is Cc1ccc(C(=O)N(CC(=O)N2CCc3sccc3C2c2ccc(F)cc2)C(C)(C)C)cc1. The molecular formula is C27H29FN2O2S. The monoisotopic (exact) mass is 464 g/mol. The molecule has 1 aromatic heterocycles. The fourth-order valence-electron chi connectivity index (χ4n) is 4.28. The van der Waals surface area contributed by atoms with Crippen LogP contribution in [0, 0.1) is 12.7 Å². The first-order valence-electron chi connectivity index (χ1n) is 11.1. The summed E-state index contributed by atoms with van der Waals surface area (Å²) in [6, 6.07) is 15.5. The number of rotatable bonds is 4. The molecule has 3 aromatic rings. The smallest absolute Gasteiger partial charge is 0.254 e. The lowest BCUT2D eigenvalue weighted by Gasteiger charge is -2.40. The topological polar surface area (TPSA) is 40.6 Å². The lowest BCUT2D eigenvalue weighted by Crippen LogP contribution is -2.52. The summed E-state index contributed by atoms with van der Waals surface area (Å²) >= 11 is 1.69. The lowest BCUT2D eigenvalue weighted by atomic mass is 9.93. The van der Waals surface area contributed by atoms with E-state index in [0.29, 0.717) is 12.1 Å². The van der Waals surface area contributed by atoms with E-state index in [1.165, 1.54) is 17.0 Å². The van der Waals surface area contributed by atoms with E-state index >= 15 is 0 Å². The molecule has 0 spiro atoms. The van der Waals surface area contributed by atoms with Gasteiger partial charge in [0.05, 0.1) is 6.04 Å². The summed E-state index contributed by atoms with van der Waals surface area (Å²) in [4.78, 5) is 31.8. The fourth-order valence-corrected chi connectivity index (χ4v) is 5.19. The van der Waals surface area contributed by atoms with Gasteiger partial charge in [0.25, 0.3) is 5.91 Å². The number of fused-ring (bicyclic) bond motifs is 1. The summed E-state index contributed by atoms with van der Waals surface area (Å²) in [7, 11) is 0. The van der Waals surface area contributed by atoms with Gasteiger partial charge in [0.15, 0.2) is 0 Å². The number of hydrogen-bond donors (Lipinski definition) is 0. The highest BCUT2D eigenvalue weighted by Crippen LogP contribution is 2.38. The normalized spacial score (nSPS) is 15.8. The average Bonchev–Trinajstić information content (AvgIpc) is 3.25. The van der Waals surface area contributed by atoms with Crippen LogP contribution in [0.2, 0.25) is 0 Å². The van der Waals surface area contributed by atoms with Crippen LogP contribution in [0.15, 0.2) is 60.0 Å². The minimum Gasteiger partial charge on any atom is -0.330 e. The molecule has 0 saturated carbocycles. The molecule has 0 fully saturated rings. The first-order chi connectivity index (χ1) is 15.6. The molecule has 0 saturated heterocycles. The Hall–Kier alpha value is -2.99. The van der Waals surface area contributed by atoms with E-state index in [1.54, 1.807) is 40.5 Å². The number of hydrogen-bond acceptors (Lipinski definition) is 3. The molecule has 4 nitrogen and oxygen atoms in total. The van der Waals surface area contributed by atoms with Gasteiger partial charge in [0.2, 0.25) is 5.91 Å². The summed E-state index contributed by atoms with van der Waals surface area (Å²) in [5.41, 5.74) is 3.06. The van der Waals surface area contributed by atoms with Crippen molar-refractivity contribution in [2.45, 2.75) is 45.7 Å². The standard InChI is InChI=1S/C27H29FN2O2S/c1-18-5-7-20(8-6-18)26(32)30(27(2,3)4)17-24(31)29-15-13-23-22(14-16-33-23)25(29)19-9-11-21(28)12-10-19/h5-12,14,16,25H,13,15,17H2,1-4H3. The Labute approximate surface area is 198 Å². The molecule has 2 heterocycles. The van der Waals surface area contributed by atoms with Gasteiger partial charge in [0, 0.05) is 22.5 Å². The summed E-state index contributed by atoms with van der Waals surface area (Å²) in [6.45, 7) is 8.34. The van der Waals surface area contributed by atoms with Crippen LogP contribution >= 0.6 is 11.3 Å². The number of nitrogens with zero attached hydrogens (tertiary/aromatic N) is 2. The van der Waals surface area contributed by atoms with Crippen LogP contribution in [0.5, 0.6) is 0 Å². The maximum Gasteiger partial charge on any atom is 0.254 e. The molecule has 172 valence electrons. The molecule has 2 aromatic carbocycles. The van der Waals surface area contributed by atoms with Crippen molar-refractivity contribution in [1.82, 2.24) is 9.80 Å². The van der Waals surface area contributed by atoms with Crippen LogP contribution in [0.25, 0.3) is 0 Å². The highest BCUT2D eigenvalue weighted by atomic mass is 32.1. The van der Waals surface area contributed by atoms with E-state index in [4.69, 9.17) is 0 Å². The van der Waals surface area contributed by atoms with Crippen molar-refractivity contribution in [3.8, 4) is 0 Å². The molecule has 1 aliphatic heterocycles. The second-order valence-electron chi connectivity index (χ2n) is 9.52. The van der Waals surface area contributed by atoms with Crippen molar-refractivity contribution < 1.29 is 14.0 Å². The molecule has 1 atom stereocenters. The molecule has 33 heavy (non-hydrogen) atoms. The second-order valence-corrected chi connectivity index (χ2v) is 10.5. The second kappa shape index (κ2) is 9.10. The summed E-state index contributed by atoms with van der Waals surface area (Å²) in [5, 5.41) is 2.04. The third-order valence-electron chi connectivity index (χ3n) is 6.12. The first kappa shape index (κ1) is 23.2. The van der Waals surface area contributed by atoms with Crippen molar-refractivity contribution in [3.63, 3.8) is 0 Å². The Bertz CT molecular complexity index is 1150. The van der Waals surface area contributed by atoms with Crippen molar-refractivity contribution >= 4 is 23.2 Å². The number of amides is 2. The Morgan fingerprint density at radius 1 is 1.06 bits per heavy atom. The quantitative estimate of drug-likeness (QED) is 0.504. The predicted octanol–water partition coefficient (Wildman–Crippen LogP) is 5.61. The van der Waals surface area contributed by atoms with E-state index in [0.717, 1.165) is 23.1 Å². The van der Waals surface area contributed by atoms with Gasteiger partial charge in [-0.15, -0.1) is 11.3 Å². The zero-order valence-electron chi connectivity index (χ0n) is 19.5. The summed E-state index contributed by atoms with van der Waals surface area (Å²) in [5.74, 6) is -0.584. The third-order valence-corrected chi connectivity index (χ3v) is 7.12. The number of aryl methyl sites for hydroxylation is 1. The molecule has 1 aliphatic rings. The summed E-state index contributed by atoms with van der Waals surface area (Å²) < 4.78 is 13.6. The number of thiophene rings is 1. The maximum absolute atomic E-state index is 13.7. The van der Waals surface area contributed by atoms with Gasteiger partial charge in [-0.2, -0.15) is 0 Å². The van der Waals surface area contributed by atoms with E-state index in [2.05, 4.69) is 0 Å². The Morgan fingerprint density at radius 3 is 2.36 bits per heavy atom. The number of carbonyl (C=O) groups excluding carboxylic acids is 2. The zero-order valence-corrected chi connectivity index (χ0v) is 20.3. The van der Waals surface area contributed by atoms with Crippen LogP contribution in [0.3, 0.4) is 0 Å². The van der Waals surface area contributed by atoms with Crippen molar-refractivity contribution in [2.75, 3.05) is 13.1 Å². The minimum atomic E-state index is -0.535. The van der Waals surface area contributed by atoms with E-state index < -0.39 is 5.54 Å². The number of halogens is 1. The van der Waals surface area contributed by atoms with Crippen LogP contribution in [0.4, 0.5) is 4.39 Å². The van der Waals surface area contributed by atoms with Crippen molar-refractivity contribution in [2.24, 2.45) is 0 Å². The Kier molecular flexibility index (Phi) is 6.39. The molecule has 6 heteroatoms. The molecular weight excluding hydrogens is 435 g/mol. The van der Waals surface area contributed by atoms with Gasteiger partial charge < -0.3 is 9.80 Å².